The monoisotopic (exact) mass is 607 g/mol. The number of alkyl halides is 3. The second-order valence-electron chi connectivity index (χ2n) is 15.1. The molecule has 0 bridgehead atoms. The molecule has 0 unspecified atom stereocenters. The lowest BCUT2D eigenvalue weighted by Gasteiger charge is -2.46. The summed E-state index contributed by atoms with van der Waals surface area (Å²) >= 11 is 0. The SMILES string of the molecule is CC(C)c1nc2c(c3c1[C@@H](c1ccc(C(F)(F)F)cc1F)OC31CCOCC1)[C@@H](O[Si](C)(C)C(C)(C)C)CC(C)(C)C2. The zero-order valence-electron chi connectivity index (χ0n) is 26.4. The Kier molecular flexibility index (Phi) is 7.81. The highest BCUT2D eigenvalue weighted by Crippen LogP contribution is 2.59. The van der Waals surface area contributed by atoms with Crippen LogP contribution < -0.4 is 0 Å². The number of ether oxygens (including phenoxy) is 2. The fourth-order valence-electron chi connectivity index (χ4n) is 6.67. The lowest BCUT2D eigenvalue weighted by Crippen LogP contribution is -2.45. The maximum Gasteiger partial charge on any atom is 0.416 e. The normalized spacial score (nSPS) is 23.8. The van der Waals surface area contributed by atoms with E-state index >= 15 is 4.39 Å². The molecule has 232 valence electrons. The van der Waals surface area contributed by atoms with Crippen LogP contribution in [0.2, 0.25) is 18.1 Å². The van der Waals surface area contributed by atoms with E-state index in [0.29, 0.717) is 32.1 Å². The van der Waals surface area contributed by atoms with Gasteiger partial charge in [0.1, 0.15) is 11.9 Å². The largest absolute Gasteiger partial charge is 0.416 e. The van der Waals surface area contributed by atoms with Crippen molar-refractivity contribution in [1.82, 2.24) is 4.98 Å². The van der Waals surface area contributed by atoms with E-state index in [1.54, 1.807) is 0 Å². The van der Waals surface area contributed by atoms with Gasteiger partial charge in [-0.15, -0.1) is 0 Å². The van der Waals surface area contributed by atoms with Crippen molar-refractivity contribution in [2.24, 2.45) is 5.41 Å². The molecule has 0 saturated carbocycles. The van der Waals surface area contributed by atoms with Gasteiger partial charge in [-0.25, -0.2) is 4.39 Å². The highest BCUT2D eigenvalue weighted by Gasteiger charge is 2.54. The first-order valence-electron chi connectivity index (χ1n) is 15.1. The molecule has 1 aromatic heterocycles. The molecule has 5 rings (SSSR count). The third-order valence-corrected chi connectivity index (χ3v) is 14.3. The van der Waals surface area contributed by atoms with Crippen molar-refractivity contribution < 1.29 is 31.5 Å². The zero-order chi connectivity index (χ0) is 31.0. The van der Waals surface area contributed by atoms with E-state index in [2.05, 4.69) is 61.6 Å². The summed E-state index contributed by atoms with van der Waals surface area (Å²) in [5.41, 5.74) is 2.97. The first-order chi connectivity index (χ1) is 19.3. The molecule has 2 atom stereocenters. The highest BCUT2D eigenvalue weighted by atomic mass is 28.4. The third-order valence-electron chi connectivity index (χ3n) is 9.85. The predicted molar refractivity (Wildman–Crippen MR) is 158 cm³/mol. The summed E-state index contributed by atoms with van der Waals surface area (Å²) in [5, 5.41) is -0.0119. The van der Waals surface area contributed by atoms with Gasteiger partial charge < -0.3 is 13.9 Å². The van der Waals surface area contributed by atoms with Crippen molar-refractivity contribution >= 4 is 8.32 Å². The van der Waals surface area contributed by atoms with Gasteiger partial charge in [0.15, 0.2) is 8.32 Å². The molecule has 1 aliphatic carbocycles. The topological polar surface area (TPSA) is 40.6 Å². The maximum atomic E-state index is 15.6. The first-order valence-corrected chi connectivity index (χ1v) is 18.0. The molecule has 2 aromatic rings. The molecule has 4 nitrogen and oxygen atoms in total. The van der Waals surface area contributed by atoms with Crippen molar-refractivity contribution in [3.05, 3.63) is 63.2 Å². The standard InChI is InChI=1S/C33H45F4NO3Si/c1-19(2)28-26-27(25-23(38-28)17-31(6,7)18-24(25)41-42(8,9)30(3,4)5)32(12-14-39-15-13-32)40-29(26)21-11-10-20(16-22(21)34)33(35,36)37/h10-11,16,19,24,29H,12-15,17-18H2,1-9H3/t24-,29+/m0/s1. The summed E-state index contributed by atoms with van der Waals surface area (Å²) in [6.07, 6.45) is -3.00. The van der Waals surface area contributed by atoms with Crippen molar-refractivity contribution in [3.63, 3.8) is 0 Å². The Morgan fingerprint density at radius 3 is 2.24 bits per heavy atom. The number of halogens is 4. The minimum absolute atomic E-state index is 0.00699. The molecule has 0 radical (unpaired) electrons. The van der Waals surface area contributed by atoms with Crippen LogP contribution in [0.15, 0.2) is 18.2 Å². The average molecular weight is 608 g/mol. The van der Waals surface area contributed by atoms with Crippen LogP contribution in [-0.2, 0) is 32.1 Å². The van der Waals surface area contributed by atoms with E-state index in [4.69, 9.17) is 18.9 Å². The van der Waals surface area contributed by atoms with Crippen LogP contribution in [0, 0.1) is 11.2 Å². The molecular weight excluding hydrogens is 562 g/mol. The van der Waals surface area contributed by atoms with Gasteiger partial charge in [0.25, 0.3) is 0 Å². The first kappa shape index (κ1) is 31.6. The van der Waals surface area contributed by atoms with Crippen LogP contribution in [0.1, 0.15) is 125 Å². The van der Waals surface area contributed by atoms with Gasteiger partial charge in [-0.3, -0.25) is 4.98 Å². The summed E-state index contributed by atoms with van der Waals surface area (Å²) in [6.45, 7) is 20.8. The van der Waals surface area contributed by atoms with Gasteiger partial charge in [0.2, 0.25) is 0 Å². The van der Waals surface area contributed by atoms with Crippen molar-refractivity contribution in [2.75, 3.05) is 13.2 Å². The minimum Gasteiger partial charge on any atom is -0.410 e. The number of fused-ring (bicyclic) bond motifs is 4. The Bertz CT molecular complexity index is 1360. The molecule has 0 amide bonds. The summed E-state index contributed by atoms with van der Waals surface area (Å²) < 4.78 is 75.9. The summed E-state index contributed by atoms with van der Waals surface area (Å²) in [5.74, 6) is -0.931. The van der Waals surface area contributed by atoms with Crippen molar-refractivity contribution in [3.8, 4) is 0 Å². The van der Waals surface area contributed by atoms with Crippen LogP contribution in [0.5, 0.6) is 0 Å². The molecular formula is C33H45F4NO3Si. The van der Waals surface area contributed by atoms with E-state index < -0.39 is 37.6 Å². The highest BCUT2D eigenvalue weighted by molar-refractivity contribution is 6.74. The molecule has 0 N–H and O–H groups in total. The fraction of sp³-hybridized carbons (Fsp3) is 0.667. The number of aromatic nitrogens is 1. The summed E-state index contributed by atoms with van der Waals surface area (Å²) in [6, 6.07) is 2.77. The smallest absolute Gasteiger partial charge is 0.410 e. The second-order valence-corrected chi connectivity index (χ2v) is 19.8. The van der Waals surface area contributed by atoms with E-state index in [1.807, 2.05) is 0 Å². The Balaban J connectivity index is 1.79. The number of benzene rings is 1. The number of hydrogen-bond donors (Lipinski definition) is 0. The van der Waals surface area contributed by atoms with Crippen molar-refractivity contribution in [1.29, 1.82) is 0 Å². The van der Waals surface area contributed by atoms with Crippen LogP contribution in [-0.4, -0.2) is 26.5 Å². The molecule has 1 saturated heterocycles. The van der Waals surface area contributed by atoms with Crippen molar-refractivity contribution in [2.45, 2.75) is 122 Å². The predicted octanol–water partition coefficient (Wildman–Crippen LogP) is 9.52. The average Bonchev–Trinajstić information content (AvgIpc) is 3.15. The zero-order valence-corrected chi connectivity index (χ0v) is 27.4. The number of pyridine rings is 1. The fourth-order valence-corrected chi connectivity index (χ4v) is 7.94. The molecule has 9 heteroatoms. The lowest BCUT2D eigenvalue weighted by molar-refractivity contribution is -0.138. The minimum atomic E-state index is -4.64. The lowest BCUT2D eigenvalue weighted by atomic mass is 9.70. The molecule has 3 aliphatic rings. The third kappa shape index (κ3) is 5.48. The quantitative estimate of drug-likeness (QED) is 0.256. The summed E-state index contributed by atoms with van der Waals surface area (Å²) in [7, 11) is -2.23. The molecule has 1 aromatic carbocycles. The maximum absolute atomic E-state index is 15.6. The number of hydrogen-bond acceptors (Lipinski definition) is 4. The van der Waals surface area contributed by atoms with Gasteiger partial charge in [0, 0.05) is 54.1 Å². The van der Waals surface area contributed by atoms with Gasteiger partial charge in [-0.05, 0) is 60.0 Å². The molecule has 1 spiro atoms. The Morgan fingerprint density at radius 1 is 1.05 bits per heavy atom. The van der Waals surface area contributed by atoms with Gasteiger partial charge >= 0.3 is 6.18 Å². The number of rotatable bonds is 4. The van der Waals surface area contributed by atoms with E-state index in [0.717, 1.165) is 47.0 Å². The Hall–Kier alpha value is -1.81. The Morgan fingerprint density at radius 2 is 1.69 bits per heavy atom. The van der Waals surface area contributed by atoms with E-state index in [-0.39, 0.29) is 28.0 Å². The Labute approximate surface area is 248 Å². The van der Waals surface area contributed by atoms with Gasteiger partial charge in [0.05, 0.1) is 17.3 Å². The van der Waals surface area contributed by atoms with Crippen LogP contribution in [0.25, 0.3) is 0 Å². The molecule has 3 heterocycles. The van der Waals surface area contributed by atoms with E-state index in [1.165, 1.54) is 6.07 Å². The summed E-state index contributed by atoms with van der Waals surface area (Å²) in [4.78, 5) is 5.28. The van der Waals surface area contributed by atoms with Crippen LogP contribution in [0.4, 0.5) is 17.6 Å². The van der Waals surface area contributed by atoms with Gasteiger partial charge in [-0.2, -0.15) is 13.2 Å². The van der Waals surface area contributed by atoms with Crippen LogP contribution >= 0.6 is 0 Å². The number of nitrogens with zero attached hydrogens (tertiary/aromatic N) is 1. The molecule has 1 fully saturated rings. The van der Waals surface area contributed by atoms with Crippen LogP contribution in [0.3, 0.4) is 0 Å². The van der Waals surface area contributed by atoms with Gasteiger partial charge in [-0.1, -0.05) is 54.5 Å². The molecule has 42 heavy (non-hydrogen) atoms. The molecule has 2 aliphatic heterocycles. The van der Waals surface area contributed by atoms with E-state index in [9.17, 15) is 13.2 Å². The second kappa shape index (κ2) is 10.4.